The van der Waals surface area contributed by atoms with Crippen LogP contribution in [0.15, 0.2) is 54.6 Å². The highest BCUT2D eigenvalue weighted by atomic mass is 16.5. The highest BCUT2D eigenvalue weighted by Gasteiger charge is 2.32. The fraction of sp³-hybridized carbons (Fsp3) is 0.643. The first-order valence-corrected chi connectivity index (χ1v) is 12.3. The molecule has 0 bridgehead atoms. The van der Waals surface area contributed by atoms with Crippen molar-refractivity contribution in [2.75, 3.05) is 32.8 Å². The SMILES string of the molecule is C/C=C\C.CC.CC/C=C/C(COCCCN(CC)CC)(OC(C)C)c1ccccc1. The predicted molar refractivity (Wildman–Crippen MR) is 139 cm³/mol. The lowest BCUT2D eigenvalue weighted by Gasteiger charge is -2.33. The van der Waals surface area contributed by atoms with E-state index in [-0.39, 0.29) is 6.10 Å². The van der Waals surface area contributed by atoms with Crippen molar-refractivity contribution in [1.29, 1.82) is 0 Å². The molecule has 0 radical (unpaired) electrons. The molecule has 1 rings (SSSR count). The van der Waals surface area contributed by atoms with Crippen LogP contribution in [0.1, 0.15) is 80.7 Å². The first kappa shape index (κ1) is 31.8. The van der Waals surface area contributed by atoms with E-state index in [1.54, 1.807) is 0 Å². The number of allylic oxidation sites excluding steroid dienone is 3. The summed E-state index contributed by atoms with van der Waals surface area (Å²) in [5, 5.41) is 0. The van der Waals surface area contributed by atoms with Gasteiger partial charge in [0.05, 0.1) is 12.7 Å². The Balaban J connectivity index is 0. The van der Waals surface area contributed by atoms with Crippen molar-refractivity contribution in [1.82, 2.24) is 4.90 Å². The Morgan fingerprint density at radius 3 is 2.00 bits per heavy atom. The van der Waals surface area contributed by atoms with Gasteiger partial charge in [-0.05, 0) is 59.2 Å². The van der Waals surface area contributed by atoms with Gasteiger partial charge in [0, 0.05) is 13.2 Å². The summed E-state index contributed by atoms with van der Waals surface area (Å²) in [6.07, 6.45) is 10.5. The monoisotopic (exact) mass is 433 g/mol. The molecular formula is C28H51NO2. The first-order valence-electron chi connectivity index (χ1n) is 12.3. The van der Waals surface area contributed by atoms with E-state index in [0.717, 1.165) is 44.6 Å². The minimum atomic E-state index is -0.513. The molecule has 1 aromatic carbocycles. The van der Waals surface area contributed by atoms with Gasteiger partial charge in [0.1, 0.15) is 5.60 Å². The second-order valence-electron chi connectivity index (χ2n) is 7.33. The van der Waals surface area contributed by atoms with Gasteiger partial charge in [0.2, 0.25) is 0 Å². The average molecular weight is 434 g/mol. The topological polar surface area (TPSA) is 21.7 Å². The molecule has 31 heavy (non-hydrogen) atoms. The summed E-state index contributed by atoms with van der Waals surface area (Å²) in [5.74, 6) is 0. The lowest BCUT2D eigenvalue weighted by molar-refractivity contribution is -0.0993. The van der Waals surface area contributed by atoms with Crippen LogP contribution in [0, 0.1) is 0 Å². The molecule has 3 heteroatoms. The van der Waals surface area contributed by atoms with E-state index < -0.39 is 5.60 Å². The Kier molecular flexibility index (Phi) is 22.3. The first-order chi connectivity index (χ1) is 15.0. The van der Waals surface area contributed by atoms with Crippen LogP contribution in [0.2, 0.25) is 0 Å². The zero-order valence-corrected chi connectivity index (χ0v) is 22.0. The number of benzene rings is 1. The highest BCUT2D eigenvalue weighted by Crippen LogP contribution is 2.30. The molecule has 0 saturated carbocycles. The molecule has 0 aliphatic rings. The average Bonchev–Trinajstić information content (AvgIpc) is 2.81. The second-order valence-corrected chi connectivity index (χ2v) is 7.33. The maximum Gasteiger partial charge on any atom is 0.135 e. The molecule has 0 spiro atoms. The second kappa shape index (κ2) is 21.8. The van der Waals surface area contributed by atoms with E-state index in [1.807, 2.05) is 45.9 Å². The van der Waals surface area contributed by atoms with Gasteiger partial charge in [-0.2, -0.15) is 0 Å². The molecule has 0 fully saturated rings. The molecular weight excluding hydrogens is 382 g/mol. The van der Waals surface area contributed by atoms with Crippen molar-refractivity contribution < 1.29 is 9.47 Å². The summed E-state index contributed by atoms with van der Waals surface area (Å²) >= 11 is 0. The summed E-state index contributed by atoms with van der Waals surface area (Å²) in [6.45, 7) is 23.3. The number of rotatable bonds is 13. The Morgan fingerprint density at radius 2 is 1.55 bits per heavy atom. The van der Waals surface area contributed by atoms with Gasteiger partial charge >= 0.3 is 0 Å². The molecule has 0 aromatic heterocycles. The molecule has 0 amide bonds. The van der Waals surface area contributed by atoms with Crippen LogP contribution in [0.3, 0.4) is 0 Å². The number of ether oxygens (including phenoxy) is 2. The minimum Gasteiger partial charge on any atom is -0.378 e. The third kappa shape index (κ3) is 15.1. The van der Waals surface area contributed by atoms with Gasteiger partial charge in [-0.1, -0.05) is 89.3 Å². The van der Waals surface area contributed by atoms with E-state index in [2.05, 4.69) is 75.9 Å². The predicted octanol–water partition coefficient (Wildman–Crippen LogP) is 7.63. The van der Waals surface area contributed by atoms with Crippen molar-refractivity contribution in [2.24, 2.45) is 0 Å². The van der Waals surface area contributed by atoms with Crippen LogP contribution >= 0.6 is 0 Å². The summed E-state index contributed by atoms with van der Waals surface area (Å²) in [4.78, 5) is 2.43. The summed E-state index contributed by atoms with van der Waals surface area (Å²) in [7, 11) is 0. The van der Waals surface area contributed by atoms with E-state index in [4.69, 9.17) is 9.47 Å². The number of nitrogens with zero attached hydrogens (tertiary/aromatic N) is 1. The molecule has 0 N–H and O–H groups in total. The molecule has 0 saturated heterocycles. The fourth-order valence-electron chi connectivity index (χ4n) is 2.97. The van der Waals surface area contributed by atoms with Gasteiger partial charge in [0.25, 0.3) is 0 Å². The van der Waals surface area contributed by atoms with E-state index in [9.17, 15) is 0 Å². The standard InChI is InChI=1S/C22H37NO2.C4H8.C2H6/c1-6-9-16-22(25-20(4)5,21-14-11-10-12-15-21)19-24-18-13-17-23(7-2)8-3;1-3-4-2;1-2/h9-12,14-16,20H,6-8,13,17-19H2,1-5H3;3-4H,1-2H3;1-2H3/b16-9+;4-3-;. The van der Waals surface area contributed by atoms with E-state index in [0.29, 0.717) is 6.61 Å². The van der Waals surface area contributed by atoms with Crippen molar-refractivity contribution in [3.63, 3.8) is 0 Å². The van der Waals surface area contributed by atoms with Crippen molar-refractivity contribution >= 4 is 0 Å². The molecule has 1 atom stereocenters. The highest BCUT2D eigenvalue weighted by molar-refractivity contribution is 5.28. The Hall–Kier alpha value is -1.42. The molecule has 1 aromatic rings. The summed E-state index contributed by atoms with van der Waals surface area (Å²) in [5.41, 5.74) is 0.637. The van der Waals surface area contributed by atoms with E-state index in [1.165, 1.54) is 0 Å². The van der Waals surface area contributed by atoms with Crippen LogP contribution in [0.5, 0.6) is 0 Å². The van der Waals surface area contributed by atoms with Crippen LogP contribution < -0.4 is 0 Å². The Morgan fingerprint density at radius 1 is 0.968 bits per heavy atom. The Labute approximate surface area is 194 Å². The normalized spacial score (nSPS) is 13.1. The van der Waals surface area contributed by atoms with Crippen LogP contribution in [-0.4, -0.2) is 43.9 Å². The minimum absolute atomic E-state index is 0.126. The molecule has 0 aliphatic carbocycles. The van der Waals surface area contributed by atoms with Crippen molar-refractivity contribution in [2.45, 2.75) is 86.9 Å². The smallest absolute Gasteiger partial charge is 0.135 e. The van der Waals surface area contributed by atoms with Crippen LogP contribution in [0.25, 0.3) is 0 Å². The van der Waals surface area contributed by atoms with Gasteiger partial charge in [-0.3, -0.25) is 0 Å². The third-order valence-electron chi connectivity index (χ3n) is 4.64. The lowest BCUT2D eigenvalue weighted by atomic mass is 9.93. The van der Waals surface area contributed by atoms with Gasteiger partial charge in [0.15, 0.2) is 0 Å². The third-order valence-corrected chi connectivity index (χ3v) is 4.64. The van der Waals surface area contributed by atoms with Crippen molar-refractivity contribution in [3.05, 3.63) is 60.2 Å². The van der Waals surface area contributed by atoms with Gasteiger partial charge in [-0.15, -0.1) is 0 Å². The molecule has 1 unspecified atom stereocenters. The quantitative estimate of drug-likeness (QED) is 0.236. The summed E-state index contributed by atoms with van der Waals surface area (Å²) < 4.78 is 12.5. The molecule has 180 valence electrons. The molecule has 3 nitrogen and oxygen atoms in total. The van der Waals surface area contributed by atoms with E-state index >= 15 is 0 Å². The van der Waals surface area contributed by atoms with Gasteiger partial charge < -0.3 is 14.4 Å². The zero-order chi connectivity index (χ0) is 24.0. The zero-order valence-electron chi connectivity index (χ0n) is 22.0. The van der Waals surface area contributed by atoms with Crippen LogP contribution in [-0.2, 0) is 15.1 Å². The van der Waals surface area contributed by atoms with Crippen LogP contribution in [0.4, 0.5) is 0 Å². The maximum atomic E-state index is 6.37. The maximum absolute atomic E-state index is 6.37. The van der Waals surface area contributed by atoms with Crippen molar-refractivity contribution in [3.8, 4) is 0 Å². The largest absolute Gasteiger partial charge is 0.378 e. The van der Waals surface area contributed by atoms with Gasteiger partial charge in [-0.25, -0.2) is 0 Å². The number of hydrogen-bond donors (Lipinski definition) is 0. The molecule has 0 heterocycles. The number of hydrogen-bond acceptors (Lipinski definition) is 3. The fourth-order valence-corrected chi connectivity index (χ4v) is 2.97. The Bertz CT molecular complexity index is 531. The summed E-state index contributed by atoms with van der Waals surface area (Å²) in [6, 6.07) is 10.4. The molecule has 0 aliphatic heterocycles. The lowest BCUT2D eigenvalue weighted by Crippen LogP contribution is -2.36.